The number of nitrogens with zero attached hydrogens (tertiary/aromatic N) is 2. The lowest BCUT2D eigenvalue weighted by Crippen LogP contribution is -2.07. The topological polar surface area (TPSA) is 49.8 Å². The molecule has 2 heterocycles. The zero-order chi connectivity index (χ0) is 11.5. The van der Waals surface area contributed by atoms with Crippen LogP contribution in [0.1, 0.15) is 11.1 Å². The summed E-state index contributed by atoms with van der Waals surface area (Å²) in [6.07, 6.45) is 4.42. The van der Waals surface area contributed by atoms with Gasteiger partial charge in [0, 0.05) is 11.1 Å². The molecule has 2 N–H and O–H groups in total. The van der Waals surface area contributed by atoms with E-state index >= 15 is 0 Å². The molecule has 1 aromatic heterocycles. The monoisotopic (exact) mass is 254 g/mol. The summed E-state index contributed by atoms with van der Waals surface area (Å²) >= 11 is 1.28. The minimum absolute atomic E-state index is 0.958. The second-order valence-electron chi connectivity index (χ2n) is 4.49. The molecule has 0 atom stereocenters. The van der Waals surface area contributed by atoms with Crippen LogP contribution in [0.4, 0.5) is 11.4 Å². The first-order valence-electron chi connectivity index (χ1n) is 5.04. The maximum atomic E-state index is 4.38. The second kappa shape index (κ2) is 3.01. The lowest BCUT2D eigenvalue weighted by atomic mass is 10.1. The van der Waals surface area contributed by atoms with Crippen LogP contribution < -0.4 is 9.44 Å². The Kier molecular flexibility index (Phi) is 1.91. The molecular formula is C10H14N4S2. The van der Waals surface area contributed by atoms with Crippen molar-refractivity contribution in [2.24, 2.45) is 0 Å². The number of nitrogens with one attached hydrogen (secondary N) is 2. The fraction of sp³-hybridized carbons (Fsp3) is 0.400. The average molecular weight is 254 g/mol. The third-order valence-corrected chi connectivity index (χ3v) is 4.87. The van der Waals surface area contributed by atoms with E-state index in [0.717, 1.165) is 11.0 Å². The molecule has 86 valence electrons. The number of aromatic nitrogens is 2. The van der Waals surface area contributed by atoms with E-state index < -0.39 is 10.4 Å². The molecule has 0 fully saturated rings. The lowest BCUT2D eigenvalue weighted by molar-refractivity contribution is 1.43. The summed E-state index contributed by atoms with van der Waals surface area (Å²) in [5.74, 6) is 0. The molecule has 1 aromatic carbocycles. The fourth-order valence-electron chi connectivity index (χ4n) is 2.08. The largest absolute Gasteiger partial charge is 0.330 e. The van der Waals surface area contributed by atoms with Crippen molar-refractivity contribution in [1.29, 1.82) is 0 Å². The van der Waals surface area contributed by atoms with Crippen molar-refractivity contribution in [1.82, 2.24) is 8.75 Å². The maximum absolute atomic E-state index is 4.38. The molecule has 2 aromatic rings. The predicted molar refractivity (Wildman–Crippen MR) is 73.6 cm³/mol. The van der Waals surface area contributed by atoms with Gasteiger partial charge in [-0.15, -0.1) is 10.4 Å². The van der Waals surface area contributed by atoms with E-state index in [-0.39, 0.29) is 0 Å². The Hall–Kier alpha value is -1.01. The highest BCUT2D eigenvalue weighted by Crippen LogP contribution is 2.54. The van der Waals surface area contributed by atoms with E-state index in [1.54, 1.807) is 0 Å². The molecule has 1 aliphatic heterocycles. The molecule has 3 rings (SSSR count). The molecule has 0 spiro atoms. The molecule has 0 unspecified atom stereocenters. The highest BCUT2D eigenvalue weighted by atomic mass is 32.3. The second-order valence-corrected chi connectivity index (χ2v) is 8.08. The van der Waals surface area contributed by atoms with Gasteiger partial charge in [0.15, 0.2) is 0 Å². The Labute approximate surface area is 100 Å². The van der Waals surface area contributed by atoms with Crippen LogP contribution in [0.15, 0.2) is 0 Å². The summed E-state index contributed by atoms with van der Waals surface area (Å²) in [4.78, 5) is 0. The van der Waals surface area contributed by atoms with Crippen molar-refractivity contribution < 1.29 is 0 Å². The first-order valence-corrected chi connectivity index (χ1v) is 8.22. The van der Waals surface area contributed by atoms with E-state index in [1.165, 1.54) is 34.2 Å². The Morgan fingerprint density at radius 1 is 0.938 bits per heavy atom. The van der Waals surface area contributed by atoms with Gasteiger partial charge in [0.1, 0.15) is 11.0 Å². The van der Waals surface area contributed by atoms with Gasteiger partial charge in [0.05, 0.1) is 23.1 Å². The fourth-order valence-corrected chi connectivity index (χ4v) is 4.32. The van der Waals surface area contributed by atoms with E-state index in [2.05, 4.69) is 44.6 Å². The molecule has 6 heteroatoms. The molecule has 1 aliphatic rings. The molecule has 0 amide bonds. The summed E-state index contributed by atoms with van der Waals surface area (Å²) in [5.41, 5.74) is 6.89. The minimum atomic E-state index is -0.958. The smallest absolute Gasteiger partial charge is 0.110 e. The summed E-state index contributed by atoms with van der Waals surface area (Å²) in [6, 6.07) is 0. The van der Waals surface area contributed by atoms with Crippen LogP contribution in [-0.2, 0) is 0 Å². The summed E-state index contributed by atoms with van der Waals surface area (Å²) < 4.78 is 15.9. The van der Waals surface area contributed by atoms with Crippen molar-refractivity contribution in [2.45, 2.75) is 13.8 Å². The number of aryl methyl sites for hydroxylation is 2. The van der Waals surface area contributed by atoms with E-state index in [9.17, 15) is 0 Å². The van der Waals surface area contributed by atoms with E-state index in [4.69, 9.17) is 0 Å². The van der Waals surface area contributed by atoms with Crippen LogP contribution in [0.25, 0.3) is 11.0 Å². The SMILES string of the molecule is Cc1c2c(c(C)c3nsnc13)NS(C)(C)N2. The van der Waals surface area contributed by atoms with Crippen LogP contribution in [0.5, 0.6) is 0 Å². The zero-order valence-corrected chi connectivity index (χ0v) is 11.3. The highest BCUT2D eigenvalue weighted by molar-refractivity contribution is 8.35. The zero-order valence-electron chi connectivity index (χ0n) is 9.71. The highest BCUT2D eigenvalue weighted by Gasteiger charge is 2.28. The van der Waals surface area contributed by atoms with Crippen LogP contribution in [0.3, 0.4) is 0 Å². The Morgan fingerprint density at radius 3 is 1.81 bits per heavy atom. The predicted octanol–water partition coefficient (Wildman–Crippen LogP) is 3.04. The van der Waals surface area contributed by atoms with Gasteiger partial charge in [-0.1, -0.05) is 0 Å². The van der Waals surface area contributed by atoms with Gasteiger partial charge in [-0.25, -0.2) is 0 Å². The van der Waals surface area contributed by atoms with Gasteiger partial charge >= 0.3 is 0 Å². The molecule has 0 radical (unpaired) electrons. The maximum Gasteiger partial charge on any atom is 0.110 e. The number of fused-ring (bicyclic) bond motifs is 2. The normalized spacial score (nSPS) is 19.0. The molecule has 16 heavy (non-hydrogen) atoms. The lowest BCUT2D eigenvalue weighted by Gasteiger charge is -2.26. The van der Waals surface area contributed by atoms with Gasteiger partial charge < -0.3 is 9.44 Å². The Morgan fingerprint density at radius 2 is 1.38 bits per heavy atom. The van der Waals surface area contributed by atoms with Crippen LogP contribution in [0, 0.1) is 13.8 Å². The number of hydrogen-bond donors (Lipinski definition) is 2. The number of rotatable bonds is 0. The van der Waals surface area contributed by atoms with E-state index in [0.29, 0.717) is 0 Å². The van der Waals surface area contributed by atoms with Crippen LogP contribution >= 0.6 is 22.1 Å². The standard InChI is InChI=1S/C10H14N4S2/c1-5-7-8(12-15-11-7)6(2)10-9(5)13-16(3,4)14-10/h13-14H,1-4H3. The molecular weight excluding hydrogens is 240 g/mol. The number of benzene rings is 1. The van der Waals surface area contributed by atoms with Gasteiger partial charge in [0.25, 0.3) is 0 Å². The molecule has 0 bridgehead atoms. The quantitative estimate of drug-likeness (QED) is 0.758. The van der Waals surface area contributed by atoms with Crippen molar-refractivity contribution in [3.8, 4) is 0 Å². The van der Waals surface area contributed by atoms with Crippen molar-refractivity contribution in [3.05, 3.63) is 11.1 Å². The molecule has 4 nitrogen and oxygen atoms in total. The number of anilines is 2. The third-order valence-electron chi connectivity index (χ3n) is 2.91. The first kappa shape index (κ1) is 10.2. The number of hydrogen-bond acceptors (Lipinski definition) is 5. The summed E-state index contributed by atoms with van der Waals surface area (Å²) in [6.45, 7) is 4.22. The minimum Gasteiger partial charge on any atom is -0.330 e. The third kappa shape index (κ3) is 1.23. The van der Waals surface area contributed by atoms with Gasteiger partial charge in [-0.3, -0.25) is 0 Å². The molecule has 0 saturated heterocycles. The van der Waals surface area contributed by atoms with Gasteiger partial charge in [-0.05, 0) is 26.4 Å². The van der Waals surface area contributed by atoms with Crippen LogP contribution in [-0.4, -0.2) is 21.3 Å². The van der Waals surface area contributed by atoms with Gasteiger partial charge in [0.2, 0.25) is 0 Å². The molecule has 0 saturated carbocycles. The average Bonchev–Trinajstić information content (AvgIpc) is 2.78. The molecule has 0 aliphatic carbocycles. The Balaban J connectivity index is 2.38. The summed E-state index contributed by atoms with van der Waals surface area (Å²) in [7, 11) is -0.958. The Bertz CT molecular complexity index is 540. The van der Waals surface area contributed by atoms with Crippen molar-refractivity contribution in [3.63, 3.8) is 0 Å². The van der Waals surface area contributed by atoms with Crippen molar-refractivity contribution >= 4 is 44.5 Å². The van der Waals surface area contributed by atoms with Gasteiger partial charge in [-0.2, -0.15) is 8.75 Å². The van der Waals surface area contributed by atoms with E-state index in [1.807, 2.05) is 0 Å². The summed E-state index contributed by atoms with van der Waals surface area (Å²) in [5, 5.41) is 0. The van der Waals surface area contributed by atoms with Crippen molar-refractivity contribution in [2.75, 3.05) is 22.0 Å². The van der Waals surface area contributed by atoms with Crippen LogP contribution in [0.2, 0.25) is 0 Å². The first-order chi connectivity index (χ1) is 7.49.